The van der Waals surface area contributed by atoms with Crippen LogP contribution in [0.2, 0.25) is 0 Å². The molecule has 34 heavy (non-hydrogen) atoms. The van der Waals surface area contributed by atoms with Gasteiger partial charge in [-0.1, -0.05) is 0 Å². The van der Waals surface area contributed by atoms with Gasteiger partial charge in [0.05, 0.1) is 29.5 Å². The molecular formula is C23H19F4N3O3S. The van der Waals surface area contributed by atoms with Crippen molar-refractivity contribution in [2.24, 2.45) is 0 Å². The van der Waals surface area contributed by atoms with Gasteiger partial charge in [-0.15, -0.1) is 0 Å². The number of anilines is 2. The molecule has 0 unspecified atom stereocenters. The molecule has 0 radical (unpaired) electrons. The standard InChI is InChI=1S/C23H19F4N3O3S/c1-22(2)20(32)29(18-9-16(23(25,26)27)13(10-28)8-17(18)24)21(34)30(22)14-4-6-19-12(7-14)3-5-15(11-31)33-19/h4,6-9,15,31H,3,5,11H2,1-2H3/t15-/m0/s1. The molecule has 1 atom stereocenters. The number of hydrogen-bond acceptors (Lipinski definition) is 5. The topological polar surface area (TPSA) is 76.8 Å². The molecule has 2 aromatic carbocycles. The summed E-state index contributed by atoms with van der Waals surface area (Å²) >= 11 is 5.46. The van der Waals surface area contributed by atoms with Crippen molar-refractivity contribution in [2.45, 2.75) is 44.5 Å². The number of benzene rings is 2. The van der Waals surface area contributed by atoms with Crippen LogP contribution < -0.4 is 14.5 Å². The first-order chi connectivity index (χ1) is 15.9. The quantitative estimate of drug-likeness (QED) is 0.507. The molecule has 0 aromatic heterocycles. The zero-order valence-corrected chi connectivity index (χ0v) is 18.9. The third kappa shape index (κ3) is 3.76. The summed E-state index contributed by atoms with van der Waals surface area (Å²) in [5.41, 5.74) is -2.96. The SMILES string of the molecule is CC1(C)C(=O)N(c2cc(C(F)(F)F)c(C#N)cc2F)C(=S)N1c1ccc2c(c1)CC[C@@H](CO)O2. The number of fused-ring (bicyclic) bond motifs is 1. The maximum atomic E-state index is 14.9. The fourth-order valence-electron chi connectivity index (χ4n) is 4.20. The Bertz CT molecular complexity index is 1240. The van der Waals surface area contributed by atoms with Crippen molar-refractivity contribution in [3.63, 3.8) is 0 Å². The van der Waals surface area contributed by atoms with Gasteiger partial charge in [0.25, 0.3) is 5.91 Å². The average molecular weight is 493 g/mol. The minimum atomic E-state index is -4.93. The van der Waals surface area contributed by atoms with Crippen molar-refractivity contribution in [2.75, 3.05) is 16.4 Å². The summed E-state index contributed by atoms with van der Waals surface area (Å²) in [7, 11) is 0. The molecule has 0 spiro atoms. The number of nitriles is 1. The Balaban J connectivity index is 1.78. The van der Waals surface area contributed by atoms with E-state index in [0.29, 0.717) is 36.4 Å². The molecule has 2 aromatic rings. The minimum Gasteiger partial charge on any atom is -0.488 e. The van der Waals surface area contributed by atoms with Crippen molar-refractivity contribution in [3.05, 3.63) is 52.8 Å². The number of rotatable bonds is 3. The van der Waals surface area contributed by atoms with E-state index in [1.807, 2.05) is 0 Å². The van der Waals surface area contributed by atoms with Crippen LogP contribution in [0.1, 0.15) is 37.0 Å². The van der Waals surface area contributed by atoms with Crippen LogP contribution in [0.5, 0.6) is 5.75 Å². The van der Waals surface area contributed by atoms with Gasteiger partial charge in [0, 0.05) is 5.69 Å². The minimum absolute atomic E-state index is 0.121. The van der Waals surface area contributed by atoms with Crippen LogP contribution in [-0.2, 0) is 17.4 Å². The number of hydrogen-bond donors (Lipinski definition) is 1. The van der Waals surface area contributed by atoms with Gasteiger partial charge in [-0.3, -0.25) is 9.69 Å². The zero-order valence-electron chi connectivity index (χ0n) is 18.1. The monoisotopic (exact) mass is 493 g/mol. The summed E-state index contributed by atoms with van der Waals surface area (Å²) in [6, 6.07) is 7.29. The first-order valence-corrected chi connectivity index (χ1v) is 10.7. The van der Waals surface area contributed by atoms with E-state index >= 15 is 0 Å². The summed E-state index contributed by atoms with van der Waals surface area (Å²) in [6.07, 6.45) is -4.06. The second-order valence-electron chi connectivity index (χ2n) is 8.53. The number of aliphatic hydroxyl groups excluding tert-OH is 1. The summed E-state index contributed by atoms with van der Waals surface area (Å²) < 4.78 is 61.0. The summed E-state index contributed by atoms with van der Waals surface area (Å²) in [5, 5.41) is 18.1. The molecule has 4 rings (SSSR count). The molecule has 0 bridgehead atoms. The van der Waals surface area contributed by atoms with Gasteiger partial charge < -0.3 is 14.7 Å². The summed E-state index contributed by atoms with van der Waals surface area (Å²) in [4.78, 5) is 15.5. The third-order valence-corrected chi connectivity index (χ3v) is 6.32. The molecule has 0 aliphatic carbocycles. The van der Waals surface area contributed by atoms with E-state index in [9.17, 15) is 27.5 Å². The number of aliphatic hydroxyl groups is 1. The molecule has 1 N–H and O–H groups in total. The number of carbonyl (C=O) groups is 1. The maximum absolute atomic E-state index is 14.9. The Labute approximate surface area is 197 Å². The van der Waals surface area contributed by atoms with Crippen molar-refractivity contribution in [3.8, 4) is 11.8 Å². The number of aryl methyl sites for hydroxylation is 1. The van der Waals surface area contributed by atoms with Crippen LogP contribution in [0, 0.1) is 17.1 Å². The predicted molar refractivity (Wildman–Crippen MR) is 119 cm³/mol. The molecule has 1 saturated heterocycles. The average Bonchev–Trinajstić information content (AvgIpc) is 2.95. The Morgan fingerprint density at radius 1 is 1.29 bits per heavy atom. The van der Waals surface area contributed by atoms with E-state index in [0.717, 1.165) is 10.5 Å². The summed E-state index contributed by atoms with van der Waals surface area (Å²) in [5.74, 6) is -1.32. The predicted octanol–water partition coefficient (Wildman–Crippen LogP) is 4.32. The van der Waals surface area contributed by atoms with Crippen LogP contribution in [0.3, 0.4) is 0 Å². The van der Waals surface area contributed by atoms with Gasteiger partial charge in [-0.25, -0.2) is 4.39 Å². The van der Waals surface area contributed by atoms with E-state index in [1.54, 1.807) is 18.2 Å². The van der Waals surface area contributed by atoms with Gasteiger partial charge in [-0.05, 0) is 74.8 Å². The molecule has 2 aliphatic rings. The molecule has 6 nitrogen and oxygen atoms in total. The van der Waals surface area contributed by atoms with Crippen LogP contribution in [0.25, 0.3) is 0 Å². The highest BCUT2D eigenvalue weighted by atomic mass is 32.1. The van der Waals surface area contributed by atoms with Crippen LogP contribution in [0.4, 0.5) is 28.9 Å². The lowest BCUT2D eigenvalue weighted by Crippen LogP contribution is -2.44. The highest BCUT2D eigenvalue weighted by molar-refractivity contribution is 7.81. The molecule has 1 fully saturated rings. The Hall–Kier alpha value is -3.23. The molecule has 178 valence electrons. The number of nitrogens with zero attached hydrogens (tertiary/aromatic N) is 3. The van der Waals surface area contributed by atoms with E-state index < -0.39 is 40.3 Å². The van der Waals surface area contributed by atoms with E-state index in [4.69, 9.17) is 22.2 Å². The molecule has 1 amide bonds. The highest BCUT2D eigenvalue weighted by Gasteiger charge is 2.51. The number of carbonyl (C=O) groups excluding carboxylic acids is 1. The Morgan fingerprint density at radius 3 is 2.62 bits per heavy atom. The number of ether oxygens (including phenoxy) is 1. The number of halogens is 4. The van der Waals surface area contributed by atoms with Crippen molar-refractivity contribution in [1.82, 2.24) is 0 Å². The zero-order chi connectivity index (χ0) is 25.0. The lowest BCUT2D eigenvalue weighted by Gasteiger charge is -2.31. The Kier molecular flexibility index (Phi) is 5.78. The van der Waals surface area contributed by atoms with Crippen molar-refractivity contribution < 1.29 is 32.2 Å². The smallest absolute Gasteiger partial charge is 0.417 e. The third-order valence-electron chi connectivity index (χ3n) is 5.96. The molecule has 2 aliphatic heterocycles. The fraction of sp³-hybridized carbons (Fsp3) is 0.348. The largest absolute Gasteiger partial charge is 0.488 e. The first kappa shape index (κ1) is 23.9. The lowest BCUT2D eigenvalue weighted by molar-refractivity contribution is -0.137. The van der Waals surface area contributed by atoms with Gasteiger partial charge >= 0.3 is 6.18 Å². The maximum Gasteiger partial charge on any atom is 0.417 e. The van der Waals surface area contributed by atoms with Crippen molar-refractivity contribution in [1.29, 1.82) is 5.26 Å². The van der Waals surface area contributed by atoms with Crippen molar-refractivity contribution >= 4 is 34.6 Å². The van der Waals surface area contributed by atoms with Crippen LogP contribution >= 0.6 is 12.2 Å². The number of amides is 1. The molecular weight excluding hydrogens is 474 g/mol. The lowest BCUT2D eigenvalue weighted by atomic mass is 9.99. The van der Waals surface area contributed by atoms with E-state index in [-0.39, 0.29) is 17.8 Å². The van der Waals surface area contributed by atoms with Gasteiger partial charge in [-0.2, -0.15) is 18.4 Å². The van der Waals surface area contributed by atoms with Gasteiger partial charge in [0.2, 0.25) is 0 Å². The second-order valence-corrected chi connectivity index (χ2v) is 8.89. The highest BCUT2D eigenvalue weighted by Crippen LogP contribution is 2.42. The fourth-order valence-corrected chi connectivity index (χ4v) is 4.71. The number of alkyl halides is 3. The molecule has 2 heterocycles. The van der Waals surface area contributed by atoms with E-state index in [2.05, 4.69) is 0 Å². The van der Waals surface area contributed by atoms with Crippen LogP contribution in [0.15, 0.2) is 30.3 Å². The number of thiocarbonyl (C=S) groups is 1. The van der Waals surface area contributed by atoms with E-state index in [1.165, 1.54) is 24.8 Å². The van der Waals surface area contributed by atoms with Gasteiger partial charge in [0.15, 0.2) is 5.11 Å². The normalized spacial score (nSPS) is 19.6. The van der Waals surface area contributed by atoms with Gasteiger partial charge in [0.1, 0.15) is 23.2 Å². The first-order valence-electron chi connectivity index (χ1n) is 10.3. The molecule has 0 saturated carbocycles. The summed E-state index contributed by atoms with van der Waals surface area (Å²) in [6.45, 7) is 2.95. The molecule has 11 heteroatoms. The Morgan fingerprint density at radius 2 is 2.00 bits per heavy atom. The van der Waals surface area contributed by atoms with Crippen LogP contribution in [-0.4, -0.2) is 34.4 Å². The second kappa shape index (κ2) is 8.21.